The van der Waals surface area contributed by atoms with Crippen LogP contribution in [0.2, 0.25) is 0 Å². The first-order chi connectivity index (χ1) is 9.36. The highest BCUT2D eigenvalue weighted by Crippen LogP contribution is 2.30. The van der Waals surface area contributed by atoms with Crippen LogP contribution < -0.4 is 10.6 Å². The normalized spacial score (nSPS) is 11.8. The zero-order valence-corrected chi connectivity index (χ0v) is 13.3. The number of rotatable bonds is 6. The number of nitro benzene ring substituents is 1. The Bertz CT molecular complexity index is 520. The van der Waals surface area contributed by atoms with Crippen LogP contribution in [-0.2, 0) is 4.79 Å². The molecular weight excluding hydrogens is 326 g/mol. The van der Waals surface area contributed by atoms with Crippen LogP contribution in [0.15, 0.2) is 16.6 Å². The maximum atomic E-state index is 11.8. The number of nitrogens with one attached hydrogen (secondary N) is 2. The fourth-order valence-corrected chi connectivity index (χ4v) is 2.12. The van der Waals surface area contributed by atoms with Crippen molar-refractivity contribution < 1.29 is 9.72 Å². The molecule has 110 valence electrons. The Labute approximate surface area is 126 Å². The van der Waals surface area contributed by atoms with Crippen molar-refractivity contribution in [2.45, 2.75) is 33.2 Å². The number of amides is 1. The van der Waals surface area contributed by atoms with Crippen LogP contribution >= 0.6 is 15.9 Å². The summed E-state index contributed by atoms with van der Waals surface area (Å²) >= 11 is 3.28. The standard InChI is InChI=1S/C13H18BrN3O3/c1-4-5-15-13(18)9(3)16-11-6-8(2)12(17(19)20)7-10(11)14/h6-7,9,16H,4-5H2,1-3H3,(H,15,18). The predicted molar refractivity (Wildman–Crippen MR) is 81.9 cm³/mol. The molecule has 20 heavy (non-hydrogen) atoms. The number of nitro groups is 1. The van der Waals surface area contributed by atoms with Gasteiger partial charge in [-0.05, 0) is 42.3 Å². The lowest BCUT2D eigenvalue weighted by Crippen LogP contribution is -2.37. The van der Waals surface area contributed by atoms with Gasteiger partial charge in [0.25, 0.3) is 5.69 Å². The van der Waals surface area contributed by atoms with Crippen LogP contribution in [0, 0.1) is 17.0 Å². The molecule has 0 saturated heterocycles. The number of carbonyl (C=O) groups excluding carboxylic acids is 1. The first kappa shape index (κ1) is 16.4. The summed E-state index contributed by atoms with van der Waals surface area (Å²) in [5.41, 5.74) is 1.25. The van der Waals surface area contributed by atoms with E-state index in [1.54, 1.807) is 19.9 Å². The zero-order chi connectivity index (χ0) is 15.3. The quantitative estimate of drug-likeness (QED) is 0.614. The number of carbonyl (C=O) groups is 1. The largest absolute Gasteiger partial charge is 0.373 e. The molecule has 1 aromatic rings. The van der Waals surface area contributed by atoms with Crippen LogP contribution in [0.3, 0.4) is 0 Å². The van der Waals surface area contributed by atoms with E-state index < -0.39 is 11.0 Å². The molecular formula is C13H18BrN3O3. The van der Waals surface area contributed by atoms with Crippen LogP contribution in [0.4, 0.5) is 11.4 Å². The van der Waals surface area contributed by atoms with Gasteiger partial charge in [0, 0.05) is 28.3 Å². The first-order valence-corrected chi connectivity index (χ1v) is 7.14. The van der Waals surface area contributed by atoms with Gasteiger partial charge in [-0.3, -0.25) is 14.9 Å². The van der Waals surface area contributed by atoms with Gasteiger partial charge in [0.1, 0.15) is 6.04 Å². The average Bonchev–Trinajstić information content (AvgIpc) is 2.39. The fourth-order valence-electron chi connectivity index (χ4n) is 1.68. The maximum absolute atomic E-state index is 11.8. The van der Waals surface area contributed by atoms with Crippen molar-refractivity contribution in [2.24, 2.45) is 0 Å². The Morgan fingerprint density at radius 2 is 2.15 bits per heavy atom. The van der Waals surface area contributed by atoms with Crippen LogP contribution in [0.1, 0.15) is 25.8 Å². The van der Waals surface area contributed by atoms with Crippen molar-refractivity contribution in [1.82, 2.24) is 5.32 Å². The molecule has 0 radical (unpaired) electrons. The van der Waals surface area contributed by atoms with Crippen molar-refractivity contribution >= 4 is 33.2 Å². The van der Waals surface area contributed by atoms with E-state index in [9.17, 15) is 14.9 Å². The lowest BCUT2D eigenvalue weighted by molar-refractivity contribution is -0.385. The molecule has 0 saturated carbocycles. The van der Waals surface area contributed by atoms with Gasteiger partial charge in [-0.25, -0.2) is 0 Å². The summed E-state index contributed by atoms with van der Waals surface area (Å²) < 4.78 is 0.560. The van der Waals surface area contributed by atoms with E-state index >= 15 is 0 Å². The monoisotopic (exact) mass is 343 g/mol. The van der Waals surface area contributed by atoms with E-state index in [1.165, 1.54) is 6.07 Å². The SMILES string of the molecule is CCCNC(=O)C(C)Nc1cc(C)c([N+](=O)[O-])cc1Br. The second-order valence-corrected chi connectivity index (χ2v) is 5.39. The second-order valence-electron chi connectivity index (χ2n) is 4.53. The van der Waals surface area contributed by atoms with Crippen LogP contribution in [0.5, 0.6) is 0 Å². The highest BCUT2D eigenvalue weighted by Gasteiger charge is 2.17. The summed E-state index contributed by atoms with van der Waals surface area (Å²) in [4.78, 5) is 22.2. The van der Waals surface area contributed by atoms with Gasteiger partial charge >= 0.3 is 0 Å². The fraction of sp³-hybridized carbons (Fsp3) is 0.462. The predicted octanol–water partition coefficient (Wildman–Crippen LogP) is 2.99. The molecule has 2 N–H and O–H groups in total. The summed E-state index contributed by atoms with van der Waals surface area (Å²) in [6.07, 6.45) is 0.874. The molecule has 0 aromatic heterocycles. The van der Waals surface area contributed by atoms with Gasteiger partial charge in [-0.2, -0.15) is 0 Å². The molecule has 0 heterocycles. The van der Waals surface area contributed by atoms with Crippen molar-refractivity contribution in [1.29, 1.82) is 0 Å². The third-order valence-electron chi connectivity index (χ3n) is 2.80. The molecule has 0 aliphatic heterocycles. The second kappa shape index (κ2) is 7.23. The third kappa shape index (κ3) is 4.19. The summed E-state index contributed by atoms with van der Waals surface area (Å²) in [6.45, 7) is 6.02. The number of benzene rings is 1. The molecule has 0 aliphatic rings. The average molecular weight is 344 g/mol. The van der Waals surface area contributed by atoms with E-state index in [0.717, 1.165) is 6.42 Å². The van der Waals surface area contributed by atoms with E-state index in [2.05, 4.69) is 26.6 Å². The summed E-state index contributed by atoms with van der Waals surface area (Å²) in [7, 11) is 0. The Hall–Kier alpha value is -1.63. The zero-order valence-electron chi connectivity index (χ0n) is 11.7. The molecule has 6 nitrogen and oxygen atoms in total. The summed E-state index contributed by atoms with van der Waals surface area (Å²) in [6, 6.07) is 2.68. The number of hydrogen-bond donors (Lipinski definition) is 2. The molecule has 1 unspecified atom stereocenters. The number of aryl methyl sites for hydroxylation is 1. The molecule has 1 amide bonds. The van der Waals surface area contributed by atoms with E-state index in [-0.39, 0.29) is 11.6 Å². The lowest BCUT2D eigenvalue weighted by atomic mass is 10.1. The molecule has 1 rings (SSSR count). The van der Waals surface area contributed by atoms with Gasteiger partial charge < -0.3 is 10.6 Å². The van der Waals surface area contributed by atoms with Crippen LogP contribution in [-0.4, -0.2) is 23.4 Å². The lowest BCUT2D eigenvalue weighted by Gasteiger charge is -2.16. The molecule has 1 aromatic carbocycles. The number of nitrogens with zero attached hydrogens (tertiary/aromatic N) is 1. The van der Waals surface area contributed by atoms with E-state index in [1.807, 2.05) is 6.92 Å². The van der Waals surface area contributed by atoms with Gasteiger partial charge in [0.05, 0.1) is 4.92 Å². The maximum Gasteiger partial charge on any atom is 0.273 e. The van der Waals surface area contributed by atoms with E-state index in [0.29, 0.717) is 22.3 Å². The minimum absolute atomic E-state index is 0.0468. The smallest absolute Gasteiger partial charge is 0.273 e. The number of halogens is 1. The van der Waals surface area contributed by atoms with Crippen LogP contribution in [0.25, 0.3) is 0 Å². The van der Waals surface area contributed by atoms with Crippen molar-refractivity contribution in [3.05, 3.63) is 32.3 Å². The van der Waals surface area contributed by atoms with Crippen molar-refractivity contribution in [3.63, 3.8) is 0 Å². The molecule has 0 aliphatic carbocycles. The Morgan fingerprint density at radius 1 is 1.50 bits per heavy atom. The Morgan fingerprint density at radius 3 is 2.70 bits per heavy atom. The van der Waals surface area contributed by atoms with Gasteiger partial charge in [-0.1, -0.05) is 6.92 Å². The highest BCUT2D eigenvalue weighted by molar-refractivity contribution is 9.10. The molecule has 0 bridgehead atoms. The Balaban J connectivity index is 2.85. The van der Waals surface area contributed by atoms with Gasteiger partial charge in [0.15, 0.2) is 0 Å². The number of anilines is 1. The van der Waals surface area contributed by atoms with Gasteiger partial charge in [-0.15, -0.1) is 0 Å². The third-order valence-corrected chi connectivity index (χ3v) is 3.45. The summed E-state index contributed by atoms with van der Waals surface area (Å²) in [5, 5.41) is 16.7. The van der Waals surface area contributed by atoms with Gasteiger partial charge in [0.2, 0.25) is 5.91 Å². The molecule has 7 heteroatoms. The summed E-state index contributed by atoms with van der Waals surface area (Å²) in [5.74, 6) is -0.102. The Kier molecular flexibility index (Phi) is 5.94. The van der Waals surface area contributed by atoms with E-state index in [4.69, 9.17) is 0 Å². The molecule has 0 spiro atoms. The number of hydrogen-bond acceptors (Lipinski definition) is 4. The molecule has 0 fully saturated rings. The van der Waals surface area contributed by atoms with Crippen molar-refractivity contribution in [3.8, 4) is 0 Å². The topological polar surface area (TPSA) is 84.3 Å². The first-order valence-electron chi connectivity index (χ1n) is 6.35. The minimum atomic E-state index is -0.429. The van der Waals surface area contributed by atoms with Crippen molar-refractivity contribution in [2.75, 3.05) is 11.9 Å². The highest BCUT2D eigenvalue weighted by atomic mass is 79.9. The molecule has 1 atom stereocenters. The minimum Gasteiger partial charge on any atom is -0.373 e.